The van der Waals surface area contributed by atoms with Crippen molar-refractivity contribution in [2.24, 2.45) is 5.92 Å². The molecule has 0 saturated carbocycles. The predicted molar refractivity (Wildman–Crippen MR) is 113 cm³/mol. The fraction of sp³-hybridized carbons (Fsp3) is 0.381. The molecular weight excluding hydrogens is 408 g/mol. The fourth-order valence-electron chi connectivity index (χ4n) is 3.36. The van der Waals surface area contributed by atoms with Gasteiger partial charge in [0.05, 0.1) is 20.8 Å². The molecule has 162 valence electrons. The molecule has 0 bridgehead atoms. The average molecular weight is 435 g/mol. The van der Waals surface area contributed by atoms with Crippen molar-refractivity contribution in [2.75, 3.05) is 38.8 Å². The Labute approximate surface area is 176 Å². The summed E-state index contributed by atoms with van der Waals surface area (Å²) in [6, 6.07) is 11.9. The van der Waals surface area contributed by atoms with Crippen LogP contribution in [0.5, 0.6) is 17.2 Å². The summed E-state index contributed by atoms with van der Waals surface area (Å²) >= 11 is 0. The van der Waals surface area contributed by atoms with Crippen LogP contribution in [0.2, 0.25) is 0 Å². The molecule has 1 aliphatic heterocycles. The highest BCUT2D eigenvalue weighted by atomic mass is 32.2. The molecule has 1 fully saturated rings. The number of nitrogens with one attached hydrogen (secondary N) is 1. The van der Waals surface area contributed by atoms with Gasteiger partial charge in [0.2, 0.25) is 15.9 Å². The minimum absolute atomic E-state index is 0.00274. The lowest BCUT2D eigenvalue weighted by Gasteiger charge is -2.18. The maximum atomic E-state index is 12.8. The van der Waals surface area contributed by atoms with Gasteiger partial charge < -0.3 is 19.1 Å². The third-order valence-electron chi connectivity index (χ3n) is 4.89. The minimum Gasteiger partial charge on any atom is -0.497 e. The lowest BCUT2D eigenvalue weighted by atomic mass is 10.1. The summed E-state index contributed by atoms with van der Waals surface area (Å²) in [5.41, 5.74) is 0.767. The van der Waals surface area contributed by atoms with E-state index in [0.717, 1.165) is 11.4 Å². The first-order valence-corrected chi connectivity index (χ1v) is 11.1. The number of rotatable bonds is 9. The second-order valence-corrected chi connectivity index (χ2v) is 8.61. The van der Waals surface area contributed by atoms with Crippen LogP contribution in [0.3, 0.4) is 0 Å². The molecule has 1 atom stereocenters. The standard InChI is InChI=1S/C21H26N2O6S/c1-4-29-17-7-5-16(6-8-17)23-14-15(11-21(23)24)13-22-30(25,26)20-12-18(27-2)9-10-19(20)28-3/h5-10,12,15,22H,4,11,13-14H2,1-3H3/t15-/m0/s1. The first kappa shape index (κ1) is 21.9. The van der Waals surface area contributed by atoms with Gasteiger partial charge in [0.1, 0.15) is 22.1 Å². The Bertz CT molecular complexity index is 991. The fourth-order valence-corrected chi connectivity index (χ4v) is 4.65. The number of carbonyl (C=O) groups is 1. The molecule has 0 radical (unpaired) electrons. The van der Waals surface area contributed by atoms with Crippen LogP contribution >= 0.6 is 0 Å². The SMILES string of the molecule is CCOc1ccc(N2C[C@H](CNS(=O)(=O)c3cc(OC)ccc3OC)CC2=O)cc1. The molecule has 0 aromatic heterocycles. The summed E-state index contributed by atoms with van der Waals surface area (Å²) in [6.07, 6.45) is 0.269. The highest BCUT2D eigenvalue weighted by Gasteiger charge is 2.32. The van der Waals surface area contributed by atoms with Crippen molar-refractivity contribution in [3.05, 3.63) is 42.5 Å². The monoisotopic (exact) mass is 434 g/mol. The molecule has 2 aromatic rings. The molecule has 0 aliphatic carbocycles. The van der Waals surface area contributed by atoms with Crippen molar-refractivity contribution in [1.29, 1.82) is 0 Å². The van der Waals surface area contributed by atoms with Crippen molar-refractivity contribution >= 4 is 21.6 Å². The highest BCUT2D eigenvalue weighted by Crippen LogP contribution is 2.29. The van der Waals surface area contributed by atoms with Crippen molar-refractivity contribution in [3.8, 4) is 17.2 Å². The van der Waals surface area contributed by atoms with Crippen LogP contribution in [-0.2, 0) is 14.8 Å². The molecule has 1 heterocycles. The number of carbonyl (C=O) groups excluding carboxylic acids is 1. The van der Waals surface area contributed by atoms with Crippen molar-refractivity contribution in [2.45, 2.75) is 18.2 Å². The lowest BCUT2D eigenvalue weighted by Crippen LogP contribution is -2.31. The van der Waals surface area contributed by atoms with Gasteiger partial charge in [0, 0.05) is 31.3 Å². The van der Waals surface area contributed by atoms with E-state index in [9.17, 15) is 13.2 Å². The van der Waals surface area contributed by atoms with Gasteiger partial charge in [-0.15, -0.1) is 0 Å². The molecule has 9 heteroatoms. The summed E-state index contributed by atoms with van der Waals surface area (Å²) in [5, 5.41) is 0. The number of ether oxygens (including phenoxy) is 3. The first-order valence-electron chi connectivity index (χ1n) is 9.63. The zero-order chi connectivity index (χ0) is 21.7. The van der Waals surface area contributed by atoms with Gasteiger partial charge in [-0.25, -0.2) is 13.1 Å². The number of sulfonamides is 1. The Morgan fingerprint density at radius 2 is 1.77 bits per heavy atom. The van der Waals surface area contributed by atoms with Crippen molar-refractivity contribution in [3.63, 3.8) is 0 Å². The predicted octanol–water partition coefficient (Wildman–Crippen LogP) is 2.43. The smallest absolute Gasteiger partial charge is 0.244 e. The summed E-state index contributed by atoms with van der Waals surface area (Å²) in [6.45, 7) is 3.06. The van der Waals surface area contributed by atoms with E-state index < -0.39 is 10.0 Å². The molecule has 1 amide bonds. The zero-order valence-corrected chi connectivity index (χ0v) is 18.1. The van der Waals surface area contributed by atoms with Crippen LogP contribution < -0.4 is 23.8 Å². The molecule has 0 spiro atoms. The third-order valence-corrected chi connectivity index (χ3v) is 6.33. The number of methoxy groups -OCH3 is 2. The minimum atomic E-state index is -3.84. The number of anilines is 1. The number of benzene rings is 2. The summed E-state index contributed by atoms with van der Waals surface area (Å²) in [7, 11) is -0.965. The van der Waals surface area contributed by atoms with Gasteiger partial charge in [0.25, 0.3) is 0 Å². The highest BCUT2D eigenvalue weighted by molar-refractivity contribution is 7.89. The second kappa shape index (κ2) is 9.36. The van der Waals surface area contributed by atoms with Crippen LogP contribution in [0.15, 0.2) is 47.4 Å². The van der Waals surface area contributed by atoms with Gasteiger partial charge >= 0.3 is 0 Å². The van der Waals surface area contributed by atoms with Gasteiger partial charge in [-0.05, 0) is 49.2 Å². The molecule has 1 N–H and O–H groups in total. The summed E-state index contributed by atoms with van der Waals surface area (Å²) < 4.78 is 43.9. The quantitative estimate of drug-likeness (QED) is 0.652. The summed E-state index contributed by atoms with van der Waals surface area (Å²) in [4.78, 5) is 14.1. The van der Waals surface area contributed by atoms with Crippen molar-refractivity contribution < 1.29 is 27.4 Å². The van der Waals surface area contributed by atoms with E-state index in [4.69, 9.17) is 14.2 Å². The molecule has 3 rings (SSSR count). The Morgan fingerprint density at radius 3 is 2.40 bits per heavy atom. The maximum absolute atomic E-state index is 12.8. The van der Waals surface area contributed by atoms with Crippen LogP contribution in [0.1, 0.15) is 13.3 Å². The number of hydrogen-bond donors (Lipinski definition) is 1. The Morgan fingerprint density at radius 1 is 1.07 bits per heavy atom. The largest absolute Gasteiger partial charge is 0.497 e. The molecule has 1 saturated heterocycles. The second-order valence-electron chi connectivity index (χ2n) is 6.87. The zero-order valence-electron chi connectivity index (χ0n) is 17.3. The van der Waals surface area contributed by atoms with E-state index in [1.807, 2.05) is 31.2 Å². The molecular formula is C21H26N2O6S. The van der Waals surface area contributed by atoms with Crippen LogP contribution in [0.4, 0.5) is 5.69 Å². The normalized spacial score (nSPS) is 16.6. The van der Waals surface area contributed by atoms with E-state index in [0.29, 0.717) is 18.9 Å². The maximum Gasteiger partial charge on any atom is 0.244 e. The van der Waals surface area contributed by atoms with Crippen LogP contribution in [-0.4, -0.2) is 48.2 Å². The van der Waals surface area contributed by atoms with E-state index in [1.165, 1.54) is 20.3 Å². The van der Waals surface area contributed by atoms with E-state index in [1.54, 1.807) is 17.0 Å². The van der Waals surface area contributed by atoms with Gasteiger partial charge in [-0.2, -0.15) is 0 Å². The van der Waals surface area contributed by atoms with Gasteiger partial charge in [0.15, 0.2) is 0 Å². The van der Waals surface area contributed by atoms with Crippen LogP contribution in [0, 0.1) is 5.92 Å². The third kappa shape index (κ3) is 4.85. The van der Waals surface area contributed by atoms with E-state index >= 15 is 0 Å². The van der Waals surface area contributed by atoms with Crippen LogP contribution in [0.25, 0.3) is 0 Å². The topological polar surface area (TPSA) is 94.2 Å². The first-order chi connectivity index (χ1) is 14.4. The Balaban J connectivity index is 1.67. The molecule has 2 aromatic carbocycles. The number of nitrogens with zero attached hydrogens (tertiary/aromatic N) is 1. The Kier molecular flexibility index (Phi) is 6.84. The van der Waals surface area contributed by atoms with E-state index in [-0.39, 0.29) is 35.4 Å². The van der Waals surface area contributed by atoms with Crippen molar-refractivity contribution in [1.82, 2.24) is 4.72 Å². The van der Waals surface area contributed by atoms with E-state index in [2.05, 4.69) is 4.72 Å². The van der Waals surface area contributed by atoms with Gasteiger partial charge in [-0.1, -0.05) is 0 Å². The van der Waals surface area contributed by atoms with Gasteiger partial charge in [-0.3, -0.25) is 4.79 Å². The molecule has 8 nitrogen and oxygen atoms in total. The summed E-state index contributed by atoms with van der Waals surface area (Å²) in [5.74, 6) is 1.19. The number of hydrogen-bond acceptors (Lipinski definition) is 6. The number of amides is 1. The molecule has 30 heavy (non-hydrogen) atoms. The molecule has 0 unspecified atom stereocenters. The average Bonchev–Trinajstić information content (AvgIpc) is 3.13. The molecule has 1 aliphatic rings. The Hall–Kier alpha value is -2.78. The lowest BCUT2D eigenvalue weighted by molar-refractivity contribution is -0.117.